The van der Waals surface area contributed by atoms with Crippen LogP contribution in [0.2, 0.25) is 5.02 Å². The van der Waals surface area contributed by atoms with Crippen LogP contribution in [0.1, 0.15) is 0 Å². The van der Waals surface area contributed by atoms with Gasteiger partial charge in [-0.25, -0.2) is 9.97 Å². The van der Waals surface area contributed by atoms with Gasteiger partial charge in [0.1, 0.15) is 5.82 Å². The molecule has 6 heteroatoms. The van der Waals surface area contributed by atoms with E-state index in [1.54, 1.807) is 18.5 Å². The highest BCUT2D eigenvalue weighted by molar-refractivity contribution is 6.33. The molecule has 0 amide bonds. The Balaban J connectivity index is 2.10. The summed E-state index contributed by atoms with van der Waals surface area (Å²) < 4.78 is 5.26. The van der Waals surface area contributed by atoms with Crippen molar-refractivity contribution in [2.75, 3.05) is 5.73 Å². The summed E-state index contributed by atoms with van der Waals surface area (Å²) in [6, 6.07) is 5.52. The molecule has 0 radical (unpaired) electrons. The van der Waals surface area contributed by atoms with Crippen molar-refractivity contribution >= 4 is 17.4 Å². The van der Waals surface area contributed by atoms with Crippen LogP contribution in [0.15, 0.2) is 47.6 Å². The van der Waals surface area contributed by atoms with Crippen LogP contribution in [-0.4, -0.2) is 15.0 Å². The van der Waals surface area contributed by atoms with E-state index in [-0.39, 0.29) is 0 Å². The molecule has 0 atom stereocenters. The maximum absolute atomic E-state index is 6.19. The number of oxazole rings is 1. The molecule has 2 aromatic heterocycles. The molecular weight excluding hydrogens is 264 g/mol. The number of hydrogen-bond donors (Lipinski definition) is 1. The Bertz CT molecular complexity index is 695. The molecule has 0 aliphatic heterocycles. The van der Waals surface area contributed by atoms with Crippen LogP contribution in [0, 0.1) is 0 Å². The highest BCUT2D eigenvalue weighted by Gasteiger charge is 2.09. The Morgan fingerprint density at radius 1 is 1.11 bits per heavy atom. The van der Waals surface area contributed by atoms with Crippen LogP contribution >= 0.6 is 11.6 Å². The number of benzene rings is 1. The lowest BCUT2D eigenvalue weighted by atomic mass is 10.1. The van der Waals surface area contributed by atoms with Gasteiger partial charge < -0.3 is 10.2 Å². The van der Waals surface area contributed by atoms with Gasteiger partial charge in [-0.05, 0) is 18.2 Å². The fourth-order valence-electron chi connectivity index (χ4n) is 1.71. The zero-order chi connectivity index (χ0) is 13.2. The van der Waals surface area contributed by atoms with Gasteiger partial charge >= 0.3 is 0 Å². The van der Waals surface area contributed by atoms with Crippen LogP contribution in [0.25, 0.3) is 22.6 Å². The summed E-state index contributed by atoms with van der Waals surface area (Å²) in [6.45, 7) is 0. The molecule has 0 aliphatic rings. The van der Waals surface area contributed by atoms with Crippen molar-refractivity contribution in [3.05, 3.63) is 48.2 Å². The van der Waals surface area contributed by atoms with Crippen molar-refractivity contribution in [1.29, 1.82) is 0 Å². The van der Waals surface area contributed by atoms with Gasteiger partial charge in [0.05, 0.1) is 29.3 Å². The Labute approximate surface area is 114 Å². The summed E-state index contributed by atoms with van der Waals surface area (Å²) in [5, 5.41) is 0.585. The quantitative estimate of drug-likeness (QED) is 0.776. The minimum atomic E-state index is 0.367. The minimum Gasteiger partial charge on any atom is -0.444 e. The first-order valence-corrected chi connectivity index (χ1v) is 5.88. The number of halogens is 1. The predicted molar refractivity (Wildman–Crippen MR) is 72.4 cm³/mol. The maximum Gasteiger partial charge on any atom is 0.181 e. The average Bonchev–Trinajstić information content (AvgIpc) is 2.94. The Morgan fingerprint density at radius 3 is 2.68 bits per heavy atom. The summed E-state index contributed by atoms with van der Waals surface area (Å²) >= 11 is 6.19. The van der Waals surface area contributed by atoms with Crippen LogP contribution in [-0.2, 0) is 0 Å². The molecule has 0 saturated heterocycles. The van der Waals surface area contributed by atoms with E-state index in [9.17, 15) is 0 Å². The van der Waals surface area contributed by atoms with Crippen molar-refractivity contribution in [3.63, 3.8) is 0 Å². The van der Waals surface area contributed by atoms with Crippen LogP contribution < -0.4 is 5.73 Å². The molecule has 0 unspecified atom stereocenters. The number of nitrogens with two attached hydrogens (primary N) is 1. The first-order chi connectivity index (χ1) is 9.24. The third kappa shape index (κ3) is 2.28. The Morgan fingerprint density at radius 2 is 2.00 bits per heavy atom. The van der Waals surface area contributed by atoms with E-state index in [1.807, 2.05) is 12.1 Å². The SMILES string of the molecule is Nc1cnc(-c2cc(-c3cnco3)ccc2Cl)cn1. The molecule has 0 spiro atoms. The molecule has 0 aliphatic carbocycles. The van der Waals surface area contributed by atoms with E-state index in [4.69, 9.17) is 21.8 Å². The van der Waals surface area contributed by atoms with Crippen molar-refractivity contribution in [2.45, 2.75) is 0 Å². The van der Waals surface area contributed by atoms with E-state index in [1.165, 1.54) is 12.6 Å². The molecular formula is C13H9ClN4O. The van der Waals surface area contributed by atoms with E-state index in [0.29, 0.717) is 22.3 Å². The van der Waals surface area contributed by atoms with E-state index in [0.717, 1.165) is 11.1 Å². The fourth-order valence-corrected chi connectivity index (χ4v) is 1.92. The molecule has 1 aromatic carbocycles. The first-order valence-electron chi connectivity index (χ1n) is 5.50. The molecule has 5 nitrogen and oxygen atoms in total. The van der Waals surface area contributed by atoms with Crippen molar-refractivity contribution < 1.29 is 4.42 Å². The van der Waals surface area contributed by atoms with Crippen molar-refractivity contribution in [1.82, 2.24) is 15.0 Å². The smallest absolute Gasteiger partial charge is 0.181 e. The highest BCUT2D eigenvalue weighted by Crippen LogP contribution is 2.31. The monoisotopic (exact) mass is 272 g/mol. The largest absolute Gasteiger partial charge is 0.444 e. The Hall–Kier alpha value is -2.40. The van der Waals surface area contributed by atoms with Crippen molar-refractivity contribution in [2.24, 2.45) is 0 Å². The molecule has 3 rings (SSSR count). The second kappa shape index (κ2) is 4.70. The normalized spacial score (nSPS) is 10.6. The third-order valence-electron chi connectivity index (χ3n) is 2.63. The minimum absolute atomic E-state index is 0.367. The summed E-state index contributed by atoms with van der Waals surface area (Å²) in [5.41, 5.74) is 7.81. The molecule has 0 fully saturated rings. The number of hydrogen-bond acceptors (Lipinski definition) is 5. The van der Waals surface area contributed by atoms with Crippen LogP contribution in [0.3, 0.4) is 0 Å². The summed E-state index contributed by atoms with van der Waals surface area (Å²) in [4.78, 5) is 12.1. The average molecular weight is 273 g/mol. The summed E-state index contributed by atoms with van der Waals surface area (Å²) in [6.07, 6.45) is 6.10. The summed E-state index contributed by atoms with van der Waals surface area (Å²) in [7, 11) is 0. The van der Waals surface area contributed by atoms with Gasteiger partial charge in [-0.15, -0.1) is 0 Å². The van der Waals surface area contributed by atoms with Crippen LogP contribution in [0.4, 0.5) is 5.82 Å². The van der Waals surface area contributed by atoms with Gasteiger partial charge in [0.2, 0.25) is 0 Å². The number of rotatable bonds is 2. The molecule has 0 bridgehead atoms. The Kier molecular flexibility index (Phi) is 2.89. The fraction of sp³-hybridized carbons (Fsp3) is 0. The van der Waals surface area contributed by atoms with E-state index >= 15 is 0 Å². The molecule has 0 saturated carbocycles. The molecule has 2 heterocycles. The molecule has 19 heavy (non-hydrogen) atoms. The topological polar surface area (TPSA) is 77.8 Å². The number of nitrogen functional groups attached to an aromatic ring is 1. The number of anilines is 1. The van der Waals surface area contributed by atoms with Gasteiger partial charge in [0, 0.05) is 11.1 Å². The maximum atomic E-state index is 6.19. The highest BCUT2D eigenvalue weighted by atomic mass is 35.5. The van der Waals surface area contributed by atoms with Gasteiger partial charge in [-0.2, -0.15) is 0 Å². The standard InChI is InChI=1S/C13H9ClN4O/c14-10-2-1-8(12-5-16-7-19-12)3-9(10)11-4-18-13(15)6-17-11/h1-7H,(H2,15,18). The zero-order valence-electron chi connectivity index (χ0n) is 9.75. The summed E-state index contributed by atoms with van der Waals surface area (Å²) in [5.74, 6) is 1.03. The van der Waals surface area contributed by atoms with Gasteiger partial charge in [-0.3, -0.25) is 4.98 Å². The molecule has 2 N–H and O–H groups in total. The second-order valence-corrected chi connectivity index (χ2v) is 4.29. The van der Waals surface area contributed by atoms with Crippen molar-refractivity contribution in [3.8, 4) is 22.6 Å². The van der Waals surface area contributed by atoms with E-state index < -0.39 is 0 Å². The molecule has 3 aromatic rings. The zero-order valence-corrected chi connectivity index (χ0v) is 10.5. The van der Waals surface area contributed by atoms with Gasteiger partial charge in [-0.1, -0.05) is 11.6 Å². The first kappa shape index (κ1) is 11.7. The van der Waals surface area contributed by atoms with Gasteiger partial charge in [0.25, 0.3) is 0 Å². The van der Waals surface area contributed by atoms with Gasteiger partial charge in [0.15, 0.2) is 12.2 Å². The molecule has 94 valence electrons. The predicted octanol–water partition coefficient (Wildman–Crippen LogP) is 3.03. The number of aromatic nitrogens is 3. The number of nitrogens with zero attached hydrogens (tertiary/aromatic N) is 3. The second-order valence-electron chi connectivity index (χ2n) is 3.89. The lowest BCUT2D eigenvalue weighted by Gasteiger charge is -2.05. The van der Waals surface area contributed by atoms with E-state index in [2.05, 4.69) is 15.0 Å². The lowest BCUT2D eigenvalue weighted by molar-refractivity contribution is 0.572. The lowest BCUT2D eigenvalue weighted by Crippen LogP contribution is -1.93. The van der Waals surface area contributed by atoms with Crippen LogP contribution in [0.5, 0.6) is 0 Å². The third-order valence-corrected chi connectivity index (χ3v) is 2.96.